The van der Waals surface area contributed by atoms with E-state index in [1.54, 1.807) is 91.9 Å². The fourth-order valence-electron chi connectivity index (χ4n) is 3.35. The molecular weight excluding hydrogens is 404 g/mol. The minimum Gasteiger partial charge on any atom is -0.466 e. The van der Waals surface area contributed by atoms with Crippen LogP contribution in [0.1, 0.15) is 33.2 Å². The van der Waals surface area contributed by atoms with Crippen molar-refractivity contribution in [1.82, 2.24) is 10.4 Å². The molecule has 2 amide bonds. The van der Waals surface area contributed by atoms with Crippen LogP contribution in [0.15, 0.2) is 103 Å². The molecule has 3 rings (SSSR count). The number of rotatable bonds is 6. The lowest BCUT2D eigenvalue weighted by atomic mass is 9.83. The van der Waals surface area contributed by atoms with E-state index >= 15 is 0 Å². The second-order valence-corrected chi connectivity index (χ2v) is 7.22. The summed E-state index contributed by atoms with van der Waals surface area (Å²) in [5.41, 5.74) is 2.53. The summed E-state index contributed by atoms with van der Waals surface area (Å²) < 4.78 is 4.92. The Morgan fingerprint density at radius 2 is 1.28 bits per heavy atom. The standard InChI is InChI=1S/C26H24N2O4/c1-19(25(31)32-3)26(2,22-17-11-6-12-18-22)28(24(30)21-15-9-5-10-16-21)27-23(29)20-13-7-4-8-14-20/h4-18H,1H2,2-3H3,(H,27,29). The molecule has 162 valence electrons. The minimum atomic E-state index is -1.44. The maximum atomic E-state index is 13.7. The quantitative estimate of drug-likeness (QED) is 0.364. The molecule has 0 aliphatic rings. The monoisotopic (exact) mass is 428 g/mol. The van der Waals surface area contributed by atoms with Gasteiger partial charge in [0.15, 0.2) is 0 Å². The number of esters is 1. The van der Waals surface area contributed by atoms with Crippen LogP contribution in [0.3, 0.4) is 0 Å². The summed E-state index contributed by atoms with van der Waals surface area (Å²) in [6.45, 7) is 5.58. The van der Waals surface area contributed by atoms with Crippen molar-refractivity contribution in [3.8, 4) is 0 Å². The predicted molar refractivity (Wildman–Crippen MR) is 121 cm³/mol. The van der Waals surface area contributed by atoms with Gasteiger partial charge in [0.25, 0.3) is 11.8 Å². The van der Waals surface area contributed by atoms with Crippen molar-refractivity contribution < 1.29 is 19.1 Å². The zero-order valence-corrected chi connectivity index (χ0v) is 17.9. The summed E-state index contributed by atoms with van der Waals surface area (Å²) in [5.74, 6) is -1.71. The molecule has 0 saturated heterocycles. The summed E-state index contributed by atoms with van der Waals surface area (Å²) in [6, 6.07) is 25.9. The van der Waals surface area contributed by atoms with Crippen LogP contribution in [-0.4, -0.2) is 29.9 Å². The van der Waals surface area contributed by atoms with E-state index in [1.165, 1.54) is 7.11 Å². The molecule has 0 fully saturated rings. The van der Waals surface area contributed by atoms with Crippen LogP contribution in [0.4, 0.5) is 0 Å². The molecule has 6 heteroatoms. The summed E-state index contributed by atoms with van der Waals surface area (Å²) >= 11 is 0. The SMILES string of the molecule is C=C(C(=O)OC)C(C)(c1ccccc1)N(NC(=O)c1ccccc1)C(=O)c1ccccc1. The molecular formula is C26H24N2O4. The first-order valence-corrected chi connectivity index (χ1v) is 9.98. The van der Waals surface area contributed by atoms with Crippen molar-refractivity contribution in [2.75, 3.05) is 7.11 Å². The predicted octanol–water partition coefficient (Wildman–Crippen LogP) is 4.12. The van der Waals surface area contributed by atoms with Crippen LogP contribution in [0.25, 0.3) is 0 Å². The number of hydrogen-bond donors (Lipinski definition) is 1. The van der Waals surface area contributed by atoms with Crippen LogP contribution in [0, 0.1) is 0 Å². The highest BCUT2D eigenvalue weighted by Gasteiger charge is 2.44. The highest BCUT2D eigenvalue weighted by Crippen LogP contribution is 2.35. The number of nitrogens with one attached hydrogen (secondary N) is 1. The molecule has 1 N–H and O–H groups in total. The zero-order chi connectivity index (χ0) is 23.1. The van der Waals surface area contributed by atoms with Crippen molar-refractivity contribution in [3.05, 3.63) is 120 Å². The number of hydrogen-bond acceptors (Lipinski definition) is 4. The van der Waals surface area contributed by atoms with Crippen molar-refractivity contribution in [2.24, 2.45) is 0 Å². The molecule has 0 aliphatic carbocycles. The highest BCUT2D eigenvalue weighted by atomic mass is 16.5. The fraction of sp³-hybridized carbons (Fsp3) is 0.115. The number of ether oxygens (including phenoxy) is 1. The third-order valence-corrected chi connectivity index (χ3v) is 5.28. The Hall–Kier alpha value is -4.19. The molecule has 0 bridgehead atoms. The number of methoxy groups -OCH3 is 1. The van der Waals surface area contributed by atoms with E-state index in [4.69, 9.17) is 4.74 Å². The molecule has 0 aliphatic heterocycles. The molecule has 6 nitrogen and oxygen atoms in total. The lowest BCUT2D eigenvalue weighted by molar-refractivity contribution is -0.137. The molecule has 3 aromatic rings. The van der Waals surface area contributed by atoms with Gasteiger partial charge in [-0.05, 0) is 36.8 Å². The van der Waals surface area contributed by atoms with Gasteiger partial charge in [-0.15, -0.1) is 0 Å². The highest BCUT2D eigenvalue weighted by molar-refractivity contribution is 6.01. The Morgan fingerprint density at radius 1 is 0.812 bits per heavy atom. The van der Waals surface area contributed by atoms with Crippen LogP contribution < -0.4 is 5.43 Å². The largest absolute Gasteiger partial charge is 0.466 e. The third-order valence-electron chi connectivity index (χ3n) is 5.28. The number of nitrogens with zero attached hydrogens (tertiary/aromatic N) is 1. The molecule has 1 atom stereocenters. The number of carbonyl (C=O) groups excluding carboxylic acids is 3. The van der Waals surface area contributed by atoms with Gasteiger partial charge >= 0.3 is 5.97 Å². The van der Waals surface area contributed by atoms with Gasteiger partial charge in [0, 0.05) is 11.1 Å². The molecule has 1 unspecified atom stereocenters. The van der Waals surface area contributed by atoms with Gasteiger partial charge in [0.2, 0.25) is 0 Å². The molecule has 0 saturated carbocycles. The van der Waals surface area contributed by atoms with Gasteiger partial charge in [0.05, 0.1) is 12.7 Å². The average molecular weight is 428 g/mol. The Morgan fingerprint density at radius 3 is 1.78 bits per heavy atom. The summed E-state index contributed by atoms with van der Waals surface area (Å²) in [6.07, 6.45) is 0. The van der Waals surface area contributed by atoms with Crippen molar-refractivity contribution in [1.29, 1.82) is 0 Å². The van der Waals surface area contributed by atoms with E-state index in [0.717, 1.165) is 5.01 Å². The third kappa shape index (κ3) is 4.44. The van der Waals surface area contributed by atoms with E-state index in [9.17, 15) is 14.4 Å². The zero-order valence-electron chi connectivity index (χ0n) is 17.9. The van der Waals surface area contributed by atoms with Crippen LogP contribution in [0.2, 0.25) is 0 Å². The summed E-state index contributed by atoms with van der Waals surface area (Å²) in [4.78, 5) is 39.3. The van der Waals surface area contributed by atoms with Gasteiger partial charge in [0.1, 0.15) is 5.54 Å². The smallest absolute Gasteiger partial charge is 0.335 e. The van der Waals surface area contributed by atoms with Gasteiger partial charge in [-0.1, -0.05) is 73.3 Å². The molecule has 0 spiro atoms. The van der Waals surface area contributed by atoms with Gasteiger partial charge in [-0.25, -0.2) is 9.80 Å². The van der Waals surface area contributed by atoms with Crippen LogP contribution in [-0.2, 0) is 15.1 Å². The first-order chi connectivity index (χ1) is 15.4. The minimum absolute atomic E-state index is 0.0103. The van der Waals surface area contributed by atoms with E-state index in [2.05, 4.69) is 12.0 Å². The maximum Gasteiger partial charge on any atom is 0.335 e. The number of amides is 2. The fourth-order valence-corrected chi connectivity index (χ4v) is 3.35. The first kappa shape index (κ1) is 22.5. The summed E-state index contributed by atoms with van der Waals surface area (Å²) in [5, 5.41) is 1.15. The van der Waals surface area contributed by atoms with Crippen molar-refractivity contribution in [3.63, 3.8) is 0 Å². The second kappa shape index (κ2) is 9.75. The van der Waals surface area contributed by atoms with Crippen LogP contribution >= 0.6 is 0 Å². The first-order valence-electron chi connectivity index (χ1n) is 9.98. The van der Waals surface area contributed by atoms with E-state index in [1.807, 2.05) is 6.07 Å². The average Bonchev–Trinajstić information content (AvgIpc) is 2.86. The maximum absolute atomic E-state index is 13.7. The normalized spacial score (nSPS) is 12.2. The van der Waals surface area contributed by atoms with Crippen molar-refractivity contribution >= 4 is 17.8 Å². The Kier molecular flexibility index (Phi) is 6.85. The van der Waals surface area contributed by atoms with E-state index in [0.29, 0.717) is 16.7 Å². The van der Waals surface area contributed by atoms with Crippen LogP contribution in [0.5, 0.6) is 0 Å². The number of carbonyl (C=O) groups is 3. The topological polar surface area (TPSA) is 75.7 Å². The van der Waals surface area contributed by atoms with E-state index < -0.39 is 23.3 Å². The van der Waals surface area contributed by atoms with Gasteiger partial charge in [-0.2, -0.15) is 0 Å². The van der Waals surface area contributed by atoms with E-state index in [-0.39, 0.29) is 5.57 Å². The lowest BCUT2D eigenvalue weighted by Gasteiger charge is -2.42. The van der Waals surface area contributed by atoms with Gasteiger partial charge < -0.3 is 4.74 Å². The molecule has 0 aromatic heterocycles. The Labute approximate surface area is 187 Å². The van der Waals surface area contributed by atoms with Gasteiger partial charge in [-0.3, -0.25) is 15.0 Å². The molecule has 32 heavy (non-hydrogen) atoms. The number of hydrazine groups is 1. The Balaban J connectivity index is 2.17. The second-order valence-electron chi connectivity index (χ2n) is 7.22. The number of benzene rings is 3. The lowest BCUT2D eigenvalue weighted by Crippen LogP contribution is -2.58. The molecule has 0 radical (unpaired) electrons. The Bertz CT molecular complexity index is 1110. The summed E-state index contributed by atoms with van der Waals surface area (Å²) in [7, 11) is 1.24. The molecule has 3 aromatic carbocycles. The molecule has 0 heterocycles. The van der Waals surface area contributed by atoms with Crippen molar-refractivity contribution in [2.45, 2.75) is 12.5 Å².